The van der Waals surface area contributed by atoms with Gasteiger partial charge in [0, 0.05) is 20.5 Å². The molecule has 0 unspecified atom stereocenters. The van der Waals surface area contributed by atoms with Gasteiger partial charge in [0.2, 0.25) is 11.1 Å². The zero-order chi connectivity index (χ0) is 20.9. The third-order valence-corrected chi connectivity index (χ3v) is 7.46. The summed E-state index contributed by atoms with van der Waals surface area (Å²) in [6.45, 7) is 0. The number of nitrogens with one attached hydrogen (secondary N) is 1. The summed E-state index contributed by atoms with van der Waals surface area (Å²) in [5.41, 5.74) is 4.33. The van der Waals surface area contributed by atoms with Gasteiger partial charge in [-0.25, -0.2) is 4.68 Å². The maximum Gasteiger partial charge on any atom is 0.227 e. The maximum absolute atomic E-state index is 6.64. The summed E-state index contributed by atoms with van der Waals surface area (Å²) in [5, 5.41) is 11.3. The van der Waals surface area contributed by atoms with Gasteiger partial charge >= 0.3 is 0 Å². The van der Waals surface area contributed by atoms with Crippen LogP contribution in [0.5, 0.6) is 5.75 Å². The number of para-hydroxylation sites is 1. The first-order chi connectivity index (χ1) is 15.2. The van der Waals surface area contributed by atoms with E-state index >= 15 is 0 Å². The summed E-state index contributed by atoms with van der Waals surface area (Å²) < 4.78 is 9.66. The predicted octanol–water partition coefficient (Wildman–Crippen LogP) is 6.38. The van der Waals surface area contributed by atoms with E-state index < -0.39 is 0 Å². The van der Waals surface area contributed by atoms with E-state index in [0.717, 1.165) is 43.7 Å². The first kappa shape index (κ1) is 19.2. The number of benzene rings is 2. The minimum Gasteiger partial charge on any atom is -0.480 e. The fraction of sp³-hybridized carbons (Fsp3) is 0.130. The van der Waals surface area contributed by atoms with Crippen LogP contribution >= 0.6 is 39.0 Å². The van der Waals surface area contributed by atoms with Crippen LogP contribution in [0.2, 0.25) is 0 Å². The highest BCUT2D eigenvalue weighted by Crippen LogP contribution is 2.51. The molecule has 2 aliphatic heterocycles. The van der Waals surface area contributed by atoms with Crippen molar-refractivity contribution in [2.45, 2.75) is 17.3 Å². The van der Waals surface area contributed by atoms with E-state index in [1.54, 1.807) is 23.1 Å². The molecule has 0 fully saturated rings. The molecule has 4 aromatic rings. The molecule has 0 saturated heterocycles. The van der Waals surface area contributed by atoms with E-state index in [9.17, 15) is 0 Å². The molecule has 0 radical (unpaired) electrons. The molecule has 2 aromatic heterocycles. The molecule has 6 rings (SSSR count). The fourth-order valence-corrected chi connectivity index (χ4v) is 5.80. The molecule has 0 aliphatic carbocycles. The average molecular weight is 509 g/mol. The van der Waals surface area contributed by atoms with Crippen LogP contribution in [-0.4, -0.2) is 21.0 Å². The molecule has 154 valence electrons. The molecule has 0 spiro atoms. The lowest BCUT2D eigenvalue weighted by molar-refractivity contribution is 0.223. The number of nitrogens with zero attached hydrogens (tertiary/aromatic N) is 3. The van der Waals surface area contributed by atoms with Gasteiger partial charge in [-0.3, -0.25) is 0 Å². The summed E-state index contributed by atoms with van der Waals surface area (Å²) in [7, 11) is 0. The van der Waals surface area contributed by atoms with Gasteiger partial charge in [-0.2, -0.15) is 4.98 Å². The number of rotatable bonds is 3. The van der Waals surface area contributed by atoms with Gasteiger partial charge in [0.1, 0.15) is 17.9 Å². The minimum atomic E-state index is -0.253. The molecule has 2 aliphatic rings. The smallest absolute Gasteiger partial charge is 0.227 e. The number of hydrogen-bond donors (Lipinski definition) is 1. The predicted molar refractivity (Wildman–Crippen MR) is 129 cm³/mol. The van der Waals surface area contributed by atoms with Crippen molar-refractivity contribution in [1.82, 2.24) is 14.8 Å². The van der Waals surface area contributed by atoms with E-state index in [1.807, 2.05) is 41.3 Å². The molecule has 1 N–H and O–H groups in total. The molecule has 31 heavy (non-hydrogen) atoms. The molecular weight excluding hydrogens is 492 g/mol. The summed E-state index contributed by atoms with van der Waals surface area (Å²) in [6.07, 6.45) is 1.74. The largest absolute Gasteiger partial charge is 0.480 e. The van der Waals surface area contributed by atoms with Crippen molar-refractivity contribution < 1.29 is 4.74 Å². The SMILES string of the molecule is CSc1nc2n(n1)[C@H](c1cccs1)C1=C(N2)c2ccccc2O[C@@H]1c1cccc(Br)c1. The maximum atomic E-state index is 6.64. The van der Waals surface area contributed by atoms with Gasteiger partial charge in [-0.05, 0) is 47.5 Å². The molecular formula is C23H17BrN4OS2. The molecule has 4 heterocycles. The van der Waals surface area contributed by atoms with Crippen molar-refractivity contribution in [1.29, 1.82) is 0 Å². The van der Waals surface area contributed by atoms with Crippen molar-refractivity contribution in [2.75, 3.05) is 11.6 Å². The molecule has 2 atom stereocenters. The number of fused-ring (bicyclic) bond motifs is 3. The number of anilines is 1. The zero-order valence-electron chi connectivity index (χ0n) is 16.4. The van der Waals surface area contributed by atoms with Crippen LogP contribution in [0.1, 0.15) is 28.1 Å². The Labute approximate surface area is 196 Å². The third-order valence-electron chi connectivity index (χ3n) is 5.51. The van der Waals surface area contributed by atoms with Gasteiger partial charge < -0.3 is 10.1 Å². The highest BCUT2D eigenvalue weighted by atomic mass is 79.9. The Kier molecular flexibility index (Phi) is 4.66. The standard InChI is InChI=1S/C23H17BrN4OS2/c1-30-23-26-22-25-19-15-8-2-3-9-16(15)29-21(13-6-4-7-14(24)12-13)18(19)20(28(22)27-23)17-10-5-11-31-17/h2-12,20-21H,1H3,(H,25,26,27)/t20-,21-/m1/s1. The number of thioether (sulfide) groups is 1. The van der Waals surface area contributed by atoms with Crippen LogP contribution in [-0.2, 0) is 0 Å². The van der Waals surface area contributed by atoms with E-state index in [2.05, 4.69) is 57.0 Å². The summed E-state index contributed by atoms with van der Waals surface area (Å²) in [6, 6.07) is 20.6. The van der Waals surface area contributed by atoms with Gasteiger partial charge in [0.15, 0.2) is 0 Å². The van der Waals surface area contributed by atoms with E-state index in [-0.39, 0.29) is 12.1 Å². The molecule has 0 bridgehead atoms. The van der Waals surface area contributed by atoms with Gasteiger partial charge in [0.05, 0.1) is 5.70 Å². The summed E-state index contributed by atoms with van der Waals surface area (Å²) in [4.78, 5) is 5.94. The van der Waals surface area contributed by atoms with Crippen LogP contribution in [0.25, 0.3) is 5.70 Å². The normalized spacial score (nSPS) is 19.2. The molecule has 2 aromatic carbocycles. The Bertz CT molecular complexity index is 1310. The number of hydrogen-bond acceptors (Lipinski definition) is 6. The second-order valence-corrected chi connectivity index (χ2v) is 9.96. The lowest BCUT2D eigenvalue weighted by Gasteiger charge is -2.38. The Morgan fingerprint density at radius 2 is 2.03 bits per heavy atom. The number of ether oxygens (including phenoxy) is 1. The lowest BCUT2D eigenvalue weighted by atomic mass is 9.87. The quantitative estimate of drug-likeness (QED) is 0.325. The second kappa shape index (κ2) is 7.55. The van der Waals surface area contributed by atoms with Gasteiger partial charge in [-0.15, -0.1) is 16.4 Å². The average Bonchev–Trinajstić information content (AvgIpc) is 3.47. The topological polar surface area (TPSA) is 52.0 Å². The van der Waals surface area contributed by atoms with E-state index in [4.69, 9.17) is 14.8 Å². The molecule has 5 nitrogen and oxygen atoms in total. The van der Waals surface area contributed by atoms with E-state index in [0.29, 0.717) is 0 Å². The van der Waals surface area contributed by atoms with Crippen LogP contribution in [0, 0.1) is 0 Å². The second-order valence-electron chi connectivity index (χ2n) is 7.29. The lowest BCUT2D eigenvalue weighted by Crippen LogP contribution is -2.32. The Morgan fingerprint density at radius 1 is 1.13 bits per heavy atom. The van der Waals surface area contributed by atoms with Crippen molar-refractivity contribution in [3.63, 3.8) is 0 Å². The van der Waals surface area contributed by atoms with Gasteiger partial charge in [0.25, 0.3) is 0 Å². The minimum absolute atomic E-state index is 0.100. The van der Waals surface area contributed by atoms with E-state index in [1.165, 1.54) is 4.88 Å². The van der Waals surface area contributed by atoms with Crippen molar-refractivity contribution in [3.8, 4) is 5.75 Å². The van der Waals surface area contributed by atoms with Crippen molar-refractivity contribution in [2.24, 2.45) is 0 Å². The number of aromatic nitrogens is 3. The van der Waals surface area contributed by atoms with Crippen LogP contribution < -0.4 is 10.1 Å². The Morgan fingerprint density at radius 3 is 2.84 bits per heavy atom. The van der Waals surface area contributed by atoms with Crippen molar-refractivity contribution in [3.05, 3.63) is 92.1 Å². The van der Waals surface area contributed by atoms with Crippen LogP contribution in [0.15, 0.2) is 81.2 Å². The zero-order valence-corrected chi connectivity index (χ0v) is 19.7. The molecule has 8 heteroatoms. The highest BCUT2D eigenvalue weighted by molar-refractivity contribution is 9.10. The van der Waals surface area contributed by atoms with Crippen molar-refractivity contribution >= 4 is 50.7 Å². The molecule has 0 amide bonds. The third kappa shape index (κ3) is 3.12. The van der Waals surface area contributed by atoms with Crippen LogP contribution in [0.3, 0.4) is 0 Å². The Hall–Kier alpha value is -2.55. The summed E-state index contributed by atoms with van der Waals surface area (Å²) in [5.74, 6) is 1.62. The highest BCUT2D eigenvalue weighted by Gasteiger charge is 2.41. The molecule has 0 saturated carbocycles. The monoisotopic (exact) mass is 508 g/mol. The van der Waals surface area contributed by atoms with Gasteiger partial charge in [-0.1, -0.05) is 58.0 Å². The first-order valence-corrected chi connectivity index (χ1v) is 12.7. The first-order valence-electron chi connectivity index (χ1n) is 9.79. The fourth-order valence-electron chi connectivity index (χ4n) is 4.21. The number of thiophene rings is 1. The number of halogens is 1. The Balaban J connectivity index is 1.63. The summed E-state index contributed by atoms with van der Waals surface area (Å²) >= 11 is 6.89. The van der Waals surface area contributed by atoms with Crippen LogP contribution in [0.4, 0.5) is 5.95 Å².